The largest absolute Gasteiger partial charge is 0.338 e. The highest BCUT2D eigenvalue weighted by Crippen LogP contribution is 2.14. The zero-order valence-electron chi connectivity index (χ0n) is 11.9. The van der Waals surface area contributed by atoms with Gasteiger partial charge in [-0.3, -0.25) is 14.2 Å². The monoisotopic (exact) mass is 339 g/mol. The molecule has 0 radical (unpaired) electrons. The SMILES string of the molecule is CCn1nccc1CN(C)C(=O)Cn1ncc(Br)c1C. The summed E-state index contributed by atoms with van der Waals surface area (Å²) >= 11 is 3.39. The van der Waals surface area contributed by atoms with Crippen molar-refractivity contribution in [1.82, 2.24) is 24.5 Å². The quantitative estimate of drug-likeness (QED) is 0.834. The van der Waals surface area contributed by atoms with Crippen LogP contribution in [0, 0.1) is 6.92 Å². The van der Waals surface area contributed by atoms with Gasteiger partial charge in [0, 0.05) is 19.8 Å². The summed E-state index contributed by atoms with van der Waals surface area (Å²) in [6.07, 6.45) is 3.46. The molecule has 2 aromatic rings. The Morgan fingerprint density at radius 2 is 2.15 bits per heavy atom. The fourth-order valence-electron chi connectivity index (χ4n) is 1.94. The second-order valence-corrected chi connectivity index (χ2v) is 5.48. The van der Waals surface area contributed by atoms with Gasteiger partial charge < -0.3 is 4.90 Å². The second kappa shape index (κ2) is 6.21. The van der Waals surface area contributed by atoms with E-state index in [2.05, 4.69) is 26.1 Å². The number of rotatable bonds is 5. The number of hydrogen-bond acceptors (Lipinski definition) is 3. The summed E-state index contributed by atoms with van der Waals surface area (Å²) in [5.41, 5.74) is 1.98. The van der Waals surface area contributed by atoms with E-state index in [0.717, 1.165) is 22.4 Å². The van der Waals surface area contributed by atoms with Crippen LogP contribution in [-0.2, 0) is 24.4 Å². The maximum absolute atomic E-state index is 12.2. The first-order chi connectivity index (χ1) is 9.52. The molecule has 0 N–H and O–H groups in total. The second-order valence-electron chi connectivity index (χ2n) is 4.62. The van der Waals surface area contributed by atoms with Crippen LogP contribution >= 0.6 is 15.9 Å². The highest BCUT2D eigenvalue weighted by Gasteiger charge is 2.14. The normalized spacial score (nSPS) is 10.8. The lowest BCUT2D eigenvalue weighted by molar-refractivity contribution is -0.131. The van der Waals surface area contributed by atoms with E-state index in [-0.39, 0.29) is 12.5 Å². The summed E-state index contributed by atoms with van der Waals surface area (Å²) in [6.45, 7) is 5.55. The van der Waals surface area contributed by atoms with E-state index in [0.29, 0.717) is 6.54 Å². The molecule has 0 saturated carbocycles. The molecule has 0 unspecified atom stereocenters. The first kappa shape index (κ1) is 14.8. The van der Waals surface area contributed by atoms with Gasteiger partial charge in [-0.15, -0.1) is 0 Å². The Morgan fingerprint density at radius 1 is 1.40 bits per heavy atom. The van der Waals surface area contributed by atoms with Crippen molar-refractivity contribution in [3.05, 3.63) is 34.3 Å². The van der Waals surface area contributed by atoms with Crippen LogP contribution < -0.4 is 0 Å². The molecule has 2 aromatic heterocycles. The topological polar surface area (TPSA) is 56.0 Å². The Balaban J connectivity index is 2.00. The maximum Gasteiger partial charge on any atom is 0.244 e. The number of amides is 1. The smallest absolute Gasteiger partial charge is 0.244 e. The highest BCUT2D eigenvalue weighted by atomic mass is 79.9. The van der Waals surface area contributed by atoms with Gasteiger partial charge in [0.1, 0.15) is 6.54 Å². The van der Waals surface area contributed by atoms with Crippen molar-refractivity contribution in [3.8, 4) is 0 Å². The third-order valence-corrected chi connectivity index (χ3v) is 4.04. The van der Waals surface area contributed by atoms with Gasteiger partial charge in [-0.25, -0.2) is 0 Å². The van der Waals surface area contributed by atoms with Gasteiger partial charge in [0.25, 0.3) is 0 Å². The molecule has 0 aliphatic heterocycles. The van der Waals surface area contributed by atoms with E-state index in [1.807, 2.05) is 24.6 Å². The van der Waals surface area contributed by atoms with Gasteiger partial charge in [0.2, 0.25) is 5.91 Å². The minimum absolute atomic E-state index is 0.0209. The molecule has 108 valence electrons. The summed E-state index contributed by atoms with van der Waals surface area (Å²) in [5, 5.41) is 8.38. The number of halogens is 1. The number of hydrogen-bond donors (Lipinski definition) is 0. The summed E-state index contributed by atoms with van der Waals surface area (Å²) in [6, 6.07) is 1.93. The lowest BCUT2D eigenvalue weighted by Crippen LogP contribution is -2.31. The van der Waals surface area contributed by atoms with E-state index in [9.17, 15) is 4.79 Å². The Bertz CT molecular complexity index is 604. The molecule has 0 atom stereocenters. The molecule has 0 aliphatic carbocycles. The number of nitrogens with zero attached hydrogens (tertiary/aromatic N) is 5. The molecule has 0 aromatic carbocycles. The molecule has 1 amide bonds. The molecule has 7 heteroatoms. The molecule has 0 fully saturated rings. The Labute approximate surface area is 126 Å². The summed E-state index contributed by atoms with van der Waals surface area (Å²) in [7, 11) is 1.79. The van der Waals surface area contributed by atoms with Gasteiger partial charge in [-0.1, -0.05) is 0 Å². The molecule has 0 saturated heterocycles. The number of likely N-dealkylation sites (N-methyl/N-ethyl adjacent to an activating group) is 1. The van der Waals surface area contributed by atoms with Crippen LogP contribution in [0.3, 0.4) is 0 Å². The summed E-state index contributed by atoms with van der Waals surface area (Å²) in [5.74, 6) is 0.0209. The Hall–Kier alpha value is -1.63. The van der Waals surface area contributed by atoms with Gasteiger partial charge in [-0.05, 0) is 35.8 Å². The van der Waals surface area contributed by atoms with Crippen LogP contribution in [-0.4, -0.2) is 37.4 Å². The number of carbonyl (C=O) groups is 1. The molecule has 20 heavy (non-hydrogen) atoms. The first-order valence-electron chi connectivity index (χ1n) is 6.45. The molecule has 2 heterocycles. The zero-order valence-corrected chi connectivity index (χ0v) is 13.5. The highest BCUT2D eigenvalue weighted by molar-refractivity contribution is 9.10. The third-order valence-electron chi connectivity index (χ3n) is 3.26. The molecule has 2 rings (SSSR count). The fourth-order valence-corrected chi connectivity index (χ4v) is 2.24. The number of aromatic nitrogens is 4. The van der Waals surface area contributed by atoms with Crippen LogP contribution in [0.25, 0.3) is 0 Å². The molecule has 0 spiro atoms. The summed E-state index contributed by atoms with van der Waals surface area (Å²) in [4.78, 5) is 13.9. The van der Waals surface area contributed by atoms with E-state index in [1.54, 1.807) is 29.0 Å². The van der Waals surface area contributed by atoms with Crippen LogP contribution in [0.5, 0.6) is 0 Å². The predicted octanol–water partition coefficient (Wildman–Crippen LogP) is 1.83. The Kier molecular flexibility index (Phi) is 4.59. The zero-order chi connectivity index (χ0) is 14.7. The van der Waals surface area contributed by atoms with Crippen LogP contribution in [0.1, 0.15) is 18.3 Å². The van der Waals surface area contributed by atoms with Gasteiger partial charge in [-0.2, -0.15) is 10.2 Å². The molecular weight excluding hydrogens is 322 g/mol. The third kappa shape index (κ3) is 3.09. The van der Waals surface area contributed by atoms with Gasteiger partial charge in [0.05, 0.1) is 28.6 Å². The Morgan fingerprint density at radius 3 is 2.75 bits per heavy atom. The van der Waals surface area contributed by atoms with Gasteiger partial charge >= 0.3 is 0 Å². The van der Waals surface area contributed by atoms with Crippen LogP contribution in [0.2, 0.25) is 0 Å². The van der Waals surface area contributed by atoms with Crippen molar-refractivity contribution in [1.29, 1.82) is 0 Å². The van der Waals surface area contributed by atoms with E-state index >= 15 is 0 Å². The van der Waals surface area contributed by atoms with Crippen molar-refractivity contribution in [2.75, 3.05) is 7.05 Å². The standard InChI is InChI=1S/C13H18BrN5O/c1-4-18-11(5-6-15-18)8-17(3)13(20)9-19-10(2)12(14)7-16-19/h5-7H,4,8-9H2,1-3H3. The lowest BCUT2D eigenvalue weighted by atomic mass is 10.3. The average Bonchev–Trinajstić information content (AvgIpc) is 3.00. The molecule has 0 aliphatic rings. The van der Waals surface area contributed by atoms with Crippen LogP contribution in [0.4, 0.5) is 0 Å². The fraction of sp³-hybridized carbons (Fsp3) is 0.462. The minimum Gasteiger partial charge on any atom is -0.338 e. The number of aryl methyl sites for hydroxylation is 1. The lowest BCUT2D eigenvalue weighted by Gasteiger charge is -2.18. The first-order valence-corrected chi connectivity index (χ1v) is 7.24. The van der Waals surface area contributed by atoms with Crippen molar-refractivity contribution in [2.45, 2.75) is 33.5 Å². The van der Waals surface area contributed by atoms with Gasteiger partial charge in [0.15, 0.2) is 0 Å². The van der Waals surface area contributed by atoms with E-state index < -0.39 is 0 Å². The molecular formula is C13H18BrN5O. The van der Waals surface area contributed by atoms with E-state index in [1.165, 1.54) is 0 Å². The minimum atomic E-state index is 0.0209. The molecule has 6 nitrogen and oxygen atoms in total. The average molecular weight is 340 g/mol. The molecule has 0 bridgehead atoms. The number of carbonyl (C=O) groups excluding carboxylic acids is 1. The van der Waals surface area contributed by atoms with Crippen molar-refractivity contribution in [2.24, 2.45) is 0 Å². The maximum atomic E-state index is 12.2. The van der Waals surface area contributed by atoms with Crippen molar-refractivity contribution >= 4 is 21.8 Å². The van der Waals surface area contributed by atoms with Crippen LogP contribution in [0.15, 0.2) is 22.9 Å². The predicted molar refractivity (Wildman–Crippen MR) is 79.0 cm³/mol. The van der Waals surface area contributed by atoms with Crippen molar-refractivity contribution < 1.29 is 4.79 Å². The van der Waals surface area contributed by atoms with E-state index in [4.69, 9.17) is 0 Å². The van der Waals surface area contributed by atoms with Crippen molar-refractivity contribution in [3.63, 3.8) is 0 Å². The summed E-state index contributed by atoms with van der Waals surface area (Å²) < 4.78 is 4.50.